The number of sulfonamides is 1. The van der Waals surface area contributed by atoms with Crippen molar-refractivity contribution in [2.75, 3.05) is 26.2 Å². The summed E-state index contributed by atoms with van der Waals surface area (Å²) >= 11 is 6.06. The minimum atomic E-state index is -3.67. The van der Waals surface area contributed by atoms with Crippen LogP contribution in [0.15, 0.2) is 59.5 Å². The van der Waals surface area contributed by atoms with Gasteiger partial charge in [-0.15, -0.1) is 0 Å². The van der Waals surface area contributed by atoms with E-state index in [0.29, 0.717) is 31.1 Å². The van der Waals surface area contributed by atoms with Gasteiger partial charge in [0.25, 0.3) is 0 Å². The van der Waals surface area contributed by atoms with Gasteiger partial charge in [0.2, 0.25) is 15.9 Å². The van der Waals surface area contributed by atoms with Gasteiger partial charge in [0.05, 0.1) is 4.90 Å². The van der Waals surface area contributed by atoms with Gasteiger partial charge in [0.1, 0.15) is 5.60 Å². The lowest BCUT2D eigenvalue weighted by Crippen LogP contribution is -2.52. The van der Waals surface area contributed by atoms with E-state index in [4.69, 9.17) is 16.3 Å². The van der Waals surface area contributed by atoms with Crippen LogP contribution >= 0.6 is 11.6 Å². The second-order valence-corrected chi connectivity index (χ2v) is 14.2. The average molecular weight is 598 g/mol. The first kappa shape index (κ1) is 29.4. The lowest BCUT2D eigenvalue weighted by molar-refractivity contribution is -0.137. The van der Waals surface area contributed by atoms with E-state index in [0.717, 1.165) is 34.7 Å². The fourth-order valence-corrected chi connectivity index (χ4v) is 7.17. The molecule has 3 aromatic carbocycles. The van der Waals surface area contributed by atoms with Gasteiger partial charge in [-0.3, -0.25) is 4.79 Å². The minimum Gasteiger partial charge on any atom is -0.444 e. The van der Waals surface area contributed by atoms with E-state index < -0.39 is 21.7 Å². The zero-order valence-corrected chi connectivity index (χ0v) is 25.2. The maximum atomic E-state index is 13.4. The molecule has 1 saturated heterocycles. The molecule has 1 unspecified atom stereocenters. The van der Waals surface area contributed by atoms with Crippen molar-refractivity contribution < 1.29 is 22.7 Å². The quantitative estimate of drug-likeness (QED) is 0.438. The molecule has 1 atom stereocenters. The Morgan fingerprint density at radius 2 is 1.66 bits per heavy atom. The van der Waals surface area contributed by atoms with Crippen LogP contribution in [0.5, 0.6) is 0 Å². The molecule has 0 aromatic heterocycles. The highest BCUT2D eigenvalue weighted by Crippen LogP contribution is 2.29. The van der Waals surface area contributed by atoms with Crippen molar-refractivity contribution in [3.8, 4) is 0 Å². The van der Waals surface area contributed by atoms with Crippen molar-refractivity contribution in [1.29, 1.82) is 0 Å². The van der Waals surface area contributed by atoms with Crippen molar-refractivity contribution in [2.45, 2.75) is 57.1 Å². The molecule has 0 bridgehead atoms. The second-order valence-electron chi connectivity index (χ2n) is 11.8. The number of nitrogens with one attached hydrogen (secondary N) is 1. The van der Waals surface area contributed by atoms with Gasteiger partial charge in [0, 0.05) is 43.7 Å². The smallest absolute Gasteiger partial charge is 0.407 e. The number of piperazine rings is 1. The van der Waals surface area contributed by atoms with E-state index in [-0.39, 0.29) is 29.8 Å². The van der Waals surface area contributed by atoms with Gasteiger partial charge in [0.15, 0.2) is 0 Å². The molecule has 1 N–H and O–H groups in total. The average Bonchev–Trinajstić information content (AvgIpc) is 2.94. The predicted octanol–water partition coefficient (Wildman–Crippen LogP) is 5.16. The maximum Gasteiger partial charge on any atom is 0.407 e. The molecule has 5 rings (SSSR count). The Bertz CT molecular complexity index is 1580. The molecule has 0 radical (unpaired) electrons. The van der Waals surface area contributed by atoms with E-state index in [9.17, 15) is 18.0 Å². The number of benzene rings is 3. The second kappa shape index (κ2) is 11.6. The zero-order chi connectivity index (χ0) is 29.4. The molecule has 2 aliphatic rings. The number of alkyl carbamates (subject to hydrolysis) is 1. The van der Waals surface area contributed by atoms with E-state index in [2.05, 4.69) is 11.4 Å². The van der Waals surface area contributed by atoms with Crippen molar-refractivity contribution in [3.05, 3.63) is 76.3 Å². The Kier molecular flexibility index (Phi) is 8.32. The van der Waals surface area contributed by atoms with Crippen LogP contribution in [0.4, 0.5) is 4.79 Å². The molecule has 10 heteroatoms. The molecule has 8 nitrogen and oxygen atoms in total. The first-order valence-electron chi connectivity index (χ1n) is 13.9. The molecule has 1 aliphatic carbocycles. The summed E-state index contributed by atoms with van der Waals surface area (Å²) in [6.07, 6.45) is 1.74. The van der Waals surface area contributed by atoms with Crippen LogP contribution in [-0.2, 0) is 38.9 Å². The Balaban J connectivity index is 1.16. The number of nitrogens with zero attached hydrogens (tertiary/aromatic N) is 2. The first-order valence-corrected chi connectivity index (χ1v) is 15.8. The Morgan fingerprint density at radius 3 is 2.39 bits per heavy atom. The van der Waals surface area contributed by atoms with E-state index in [1.165, 1.54) is 9.87 Å². The third-order valence-electron chi connectivity index (χ3n) is 7.65. The summed E-state index contributed by atoms with van der Waals surface area (Å²) in [5.74, 6) is -0.0327. The van der Waals surface area contributed by atoms with Gasteiger partial charge in [-0.2, -0.15) is 4.31 Å². The Labute approximate surface area is 246 Å². The topological polar surface area (TPSA) is 96.0 Å². The van der Waals surface area contributed by atoms with Gasteiger partial charge >= 0.3 is 6.09 Å². The number of rotatable bonds is 5. The van der Waals surface area contributed by atoms with Gasteiger partial charge in [-0.25, -0.2) is 13.2 Å². The molecule has 218 valence electrons. The molecule has 3 aromatic rings. The number of carbonyl (C=O) groups is 2. The molecule has 1 heterocycles. The highest BCUT2D eigenvalue weighted by atomic mass is 35.5. The van der Waals surface area contributed by atoms with Crippen LogP contribution in [0, 0.1) is 5.92 Å². The monoisotopic (exact) mass is 597 g/mol. The zero-order valence-electron chi connectivity index (χ0n) is 23.7. The molecule has 2 amide bonds. The summed E-state index contributed by atoms with van der Waals surface area (Å²) in [5.41, 5.74) is 2.79. The highest BCUT2D eigenvalue weighted by molar-refractivity contribution is 7.89. The van der Waals surface area contributed by atoms with Crippen LogP contribution in [0.25, 0.3) is 10.8 Å². The largest absolute Gasteiger partial charge is 0.444 e. The standard InChI is InChI=1S/C31H36ClN3O5S/c1-31(2,3)40-30(37)33-20-21-4-5-23-17-26(7-6-22(23)16-21)29(36)34-12-14-35(15-13-34)41(38,39)28-11-9-24-18-27(32)10-8-25(24)19-28/h4-5,8-11,16,18-19,26H,6-7,12-15,17,20H2,1-3H3,(H,33,37). The van der Waals surface area contributed by atoms with Crippen LogP contribution in [-0.4, -0.2) is 61.4 Å². The maximum absolute atomic E-state index is 13.4. The molecule has 1 aliphatic heterocycles. The van der Waals surface area contributed by atoms with Crippen molar-refractivity contribution in [3.63, 3.8) is 0 Å². The predicted molar refractivity (Wildman–Crippen MR) is 159 cm³/mol. The molecular weight excluding hydrogens is 562 g/mol. The van der Waals surface area contributed by atoms with Crippen molar-refractivity contribution >= 4 is 44.4 Å². The summed E-state index contributed by atoms with van der Waals surface area (Å²) in [6, 6.07) is 16.6. The Morgan fingerprint density at radius 1 is 0.951 bits per heavy atom. The number of hydrogen-bond donors (Lipinski definition) is 1. The summed E-state index contributed by atoms with van der Waals surface area (Å²) in [4.78, 5) is 27.4. The van der Waals surface area contributed by atoms with E-state index in [1.54, 1.807) is 24.3 Å². The van der Waals surface area contributed by atoms with Crippen LogP contribution in [0.1, 0.15) is 43.9 Å². The van der Waals surface area contributed by atoms with Crippen LogP contribution in [0.3, 0.4) is 0 Å². The van der Waals surface area contributed by atoms with E-state index in [1.807, 2.05) is 49.9 Å². The fraction of sp³-hybridized carbons (Fsp3) is 0.419. The SMILES string of the molecule is CC(C)(C)OC(=O)NCc1ccc2c(c1)CCC(C(=O)N1CCN(S(=O)(=O)c3ccc4cc(Cl)ccc4c3)CC1)C2. The third-order valence-corrected chi connectivity index (χ3v) is 9.78. The number of aryl methyl sites for hydroxylation is 1. The lowest BCUT2D eigenvalue weighted by atomic mass is 9.82. The summed E-state index contributed by atoms with van der Waals surface area (Å²) in [6.45, 7) is 7.15. The number of hydrogen-bond acceptors (Lipinski definition) is 5. The summed E-state index contributed by atoms with van der Waals surface area (Å²) in [7, 11) is -3.67. The molecule has 1 fully saturated rings. The van der Waals surface area contributed by atoms with Crippen LogP contribution in [0.2, 0.25) is 5.02 Å². The highest BCUT2D eigenvalue weighted by Gasteiger charge is 2.34. The lowest BCUT2D eigenvalue weighted by Gasteiger charge is -2.36. The van der Waals surface area contributed by atoms with Crippen molar-refractivity contribution in [2.24, 2.45) is 5.92 Å². The van der Waals surface area contributed by atoms with Crippen molar-refractivity contribution in [1.82, 2.24) is 14.5 Å². The number of carbonyl (C=O) groups excluding carboxylic acids is 2. The third kappa shape index (κ3) is 6.85. The first-order chi connectivity index (χ1) is 19.4. The number of amides is 2. The number of fused-ring (bicyclic) bond motifs is 2. The van der Waals surface area contributed by atoms with Gasteiger partial charge in [-0.05, 0) is 91.8 Å². The molecule has 0 saturated carbocycles. The summed E-state index contributed by atoms with van der Waals surface area (Å²) < 4.78 is 33.5. The fourth-order valence-electron chi connectivity index (χ4n) is 5.53. The summed E-state index contributed by atoms with van der Waals surface area (Å²) in [5, 5.41) is 5.09. The van der Waals surface area contributed by atoms with Gasteiger partial charge < -0.3 is 15.0 Å². The molecule has 41 heavy (non-hydrogen) atoms. The Hall–Kier alpha value is -3.14. The van der Waals surface area contributed by atoms with Crippen LogP contribution < -0.4 is 5.32 Å². The molecular formula is C31H36ClN3O5S. The van der Waals surface area contributed by atoms with Gasteiger partial charge in [-0.1, -0.05) is 41.9 Å². The number of halogens is 1. The number of ether oxygens (including phenoxy) is 1. The molecule has 0 spiro atoms. The normalized spacial score (nSPS) is 18.1. The minimum absolute atomic E-state index is 0.0888. The van der Waals surface area contributed by atoms with E-state index >= 15 is 0 Å².